The highest BCUT2D eigenvalue weighted by molar-refractivity contribution is 5.79. The van der Waals surface area contributed by atoms with Crippen molar-refractivity contribution in [3.63, 3.8) is 0 Å². The Balaban J connectivity index is 1.80. The maximum atomic E-state index is 13.3. The molecule has 0 aromatic heterocycles. The van der Waals surface area contributed by atoms with Crippen molar-refractivity contribution in [1.29, 1.82) is 0 Å². The molecule has 0 N–H and O–H groups in total. The molecule has 0 aliphatic carbocycles. The monoisotopic (exact) mass is 367 g/mol. The third-order valence-electron chi connectivity index (χ3n) is 5.70. The predicted octanol–water partition coefficient (Wildman–Crippen LogP) is 5.03. The maximum Gasteiger partial charge on any atom is 0.223 e. The van der Waals surface area contributed by atoms with Crippen LogP contribution in [-0.4, -0.2) is 24.5 Å². The van der Waals surface area contributed by atoms with Crippen LogP contribution in [-0.2, 0) is 10.2 Å². The maximum absolute atomic E-state index is 13.3. The SMILES string of the molecule is C=CC[C@]1(c2ccc(F)cc2)CCN([C@H](C)c2ccc(OC)cc2)C(=O)C1. The first-order valence-electron chi connectivity index (χ1n) is 9.29. The summed E-state index contributed by atoms with van der Waals surface area (Å²) in [7, 11) is 1.64. The van der Waals surface area contributed by atoms with Gasteiger partial charge in [0.25, 0.3) is 0 Å². The van der Waals surface area contributed by atoms with Crippen molar-refractivity contribution in [2.75, 3.05) is 13.7 Å². The number of benzene rings is 2. The Morgan fingerprint density at radius 2 is 1.89 bits per heavy atom. The molecule has 0 unspecified atom stereocenters. The summed E-state index contributed by atoms with van der Waals surface area (Å²) in [6.45, 7) is 6.59. The fourth-order valence-corrected chi connectivity index (χ4v) is 4.03. The molecule has 3 rings (SSSR count). The number of carbonyl (C=O) groups is 1. The summed E-state index contributed by atoms with van der Waals surface area (Å²) in [5.74, 6) is 0.664. The number of carbonyl (C=O) groups excluding carboxylic acids is 1. The number of rotatable bonds is 6. The molecule has 3 nitrogen and oxygen atoms in total. The lowest BCUT2D eigenvalue weighted by Crippen LogP contribution is -2.47. The van der Waals surface area contributed by atoms with E-state index in [1.165, 1.54) is 12.1 Å². The molecule has 0 bridgehead atoms. The van der Waals surface area contributed by atoms with Crippen LogP contribution in [0.1, 0.15) is 43.4 Å². The first kappa shape index (κ1) is 19.2. The number of ether oxygens (including phenoxy) is 1. The van der Waals surface area contributed by atoms with E-state index < -0.39 is 0 Å². The van der Waals surface area contributed by atoms with Gasteiger partial charge in [0.2, 0.25) is 5.91 Å². The van der Waals surface area contributed by atoms with Crippen LogP contribution in [0.5, 0.6) is 5.75 Å². The molecule has 1 fully saturated rings. The molecule has 1 aliphatic heterocycles. The molecule has 142 valence electrons. The highest BCUT2D eigenvalue weighted by Gasteiger charge is 2.40. The van der Waals surface area contributed by atoms with Gasteiger partial charge in [-0.05, 0) is 55.2 Å². The van der Waals surface area contributed by atoms with Gasteiger partial charge < -0.3 is 9.64 Å². The molecule has 1 heterocycles. The molecular formula is C23H26FNO2. The molecule has 0 saturated carbocycles. The van der Waals surface area contributed by atoms with Crippen molar-refractivity contribution < 1.29 is 13.9 Å². The molecule has 0 radical (unpaired) electrons. The quantitative estimate of drug-likeness (QED) is 0.670. The molecule has 0 spiro atoms. The third kappa shape index (κ3) is 3.90. The highest BCUT2D eigenvalue weighted by Crippen LogP contribution is 2.41. The van der Waals surface area contributed by atoms with E-state index in [-0.39, 0.29) is 23.2 Å². The molecule has 2 aromatic carbocycles. The lowest BCUT2D eigenvalue weighted by Gasteiger charge is -2.43. The Labute approximate surface area is 160 Å². The first-order valence-corrected chi connectivity index (χ1v) is 9.29. The van der Waals surface area contributed by atoms with E-state index in [0.29, 0.717) is 19.4 Å². The average molecular weight is 367 g/mol. The van der Waals surface area contributed by atoms with E-state index in [2.05, 4.69) is 13.5 Å². The van der Waals surface area contributed by atoms with Crippen LogP contribution >= 0.6 is 0 Å². The summed E-state index contributed by atoms with van der Waals surface area (Å²) in [4.78, 5) is 15.0. The van der Waals surface area contributed by atoms with E-state index >= 15 is 0 Å². The lowest BCUT2D eigenvalue weighted by atomic mass is 9.70. The van der Waals surface area contributed by atoms with Gasteiger partial charge in [-0.2, -0.15) is 0 Å². The topological polar surface area (TPSA) is 29.5 Å². The second-order valence-electron chi connectivity index (χ2n) is 7.24. The molecule has 2 atom stereocenters. The number of piperidine rings is 1. The number of allylic oxidation sites excluding steroid dienone is 1. The summed E-state index contributed by atoms with van der Waals surface area (Å²) >= 11 is 0. The number of amides is 1. The van der Waals surface area contributed by atoms with Crippen LogP contribution in [0.3, 0.4) is 0 Å². The average Bonchev–Trinajstić information content (AvgIpc) is 2.68. The smallest absolute Gasteiger partial charge is 0.223 e. The molecule has 1 aliphatic rings. The Hall–Kier alpha value is -2.62. The van der Waals surface area contributed by atoms with Gasteiger partial charge in [0.1, 0.15) is 11.6 Å². The second-order valence-corrected chi connectivity index (χ2v) is 7.24. The molecule has 1 amide bonds. The van der Waals surface area contributed by atoms with Crippen molar-refractivity contribution in [1.82, 2.24) is 4.90 Å². The van der Waals surface area contributed by atoms with Crippen LogP contribution in [0.4, 0.5) is 4.39 Å². The summed E-state index contributed by atoms with van der Waals surface area (Å²) in [5.41, 5.74) is 1.79. The van der Waals surface area contributed by atoms with Crippen molar-refractivity contribution >= 4 is 5.91 Å². The van der Waals surface area contributed by atoms with Gasteiger partial charge in [0, 0.05) is 18.4 Å². The number of nitrogens with zero attached hydrogens (tertiary/aromatic N) is 1. The van der Waals surface area contributed by atoms with Crippen molar-refractivity contribution in [3.8, 4) is 5.75 Å². The lowest BCUT2D eigenvalue weighted by molar-refractivity contribution is -0.138. The second kappa shape index (κ2) is 7.95. The van der Waals surface area contributed by atoms with Crippen molar-refractivity contribution in [3.05, 3.63) is 78.1 Å². The first-order chi connectivity index (χ1) is 13.0. The van der Waals surface area contributed by atoms with Crippen LogP contribution in [0.25, 0.3) is 0 Å². The summed E-state index contributed by atoms with van der Waals surface area (Å²) in [5, 5.41) is 0. The fraction of sp³-hybridized carbons (Fsp3) is 0.348. The third-order valence-corrected chi connectivity index (χ3v) is 5.70. The van der Waals surface area contributed by atoms with Crippen LogP contribution in [0, 0.1) is 5.82 Å². The Kier molecular flexibility index (Phi) is 5.64. The van der Waals surface area contributed by atoms with E-state index in [1.807, 2.05) is 35.2 Å². The Bertz CT molecular complexity index is 800. The minimum atomic E-state index is -0.303. The summed E-state index contributed by atoms with van der Waals surface area (Å²) < 4.78 is 18.6. The molecule has 2 aromatic rings. The summed E-state index contributed by atoms with van der Waals surface area (Å²) in [6.07, 6.45) is 3.80. The zero-order valence-corrected chi connectivity index (χ0v) is 16.0. The standard InChI is InChI=1S/C23H26FNO2/c1-4-13-23(19-7-9-20(24)10-8-19)14-15-25(22(26)16-23)17(2)18-5-11-21(27-3)12-6-18/h4-12,17H,1,13-16H2,2-3H3/t17-,23+/m1/s1. The van der Waals surface area contributed by atoms with Gasteiger partial charge in [-0.3, -0.25) is 4.79 Å². The van der Waals surface area contributed by atoms with Crippen molar-refractivity contribution in [2.24, 2.45) is 0 Å². The predicted molar refractivity (Wildman–Crippen MR) is 105 cm³/mol. The highest BCUT2D eigenvalue weighted by atomic mass is 19.1. The molecule has 1 saturated heterocycles. The van der Waals surface area contributed by atoms with Gasteiger partial charge in [-0.1, -0.05) is 30.3 Å². The zero-order valence-electron chi connectivity index (χ0n) is 16.0. The normalized spacial score (nSPS) is 21.0. The zero-order chi connectivity index (χ0) is 19.4. The number of hydrogen-bond acceptors (Lipinski definition) is 2. The number of methoxy groups -OCH3 is 1. The molecular weight excluding hydrogens is 341 g/mol. The fourth-order valence-electron chi connectivity index (χ4n) is 4.03. The van der Waals surface area contributed by atoms with Crippen LogP contribution in [0.15, 0.2) is 61.2 Å². The van der Waals surface area contributed by atoms with Gasteiger partial charge in [0.05, 0.1) is 13.2 Å². The molecule has 27 heavy (non-hydrogen) atoms. The van der Waals surface area contributed by atoms with E-state index in [1.54, 1.807) is 19.2 Å². The van der Waals surface area contributed by atoms with Gasteiger partial charge in [-0.15, -0.1) is 6.58 Å². The van der Waals surface area contributed by atoms with E-state index in [0.717, 1.165) is 23.3 Å². The van der Waals surface area contributed by atoms with E-state index in [4.69, 9.17) is 4.74 Å². The number of hydrogen-bond donors (Lipinski definition) is 0. The van der Waals surface area contributed by atoms with Gasteiger partial charge in [-0.25, -0.2) is 4.39 Å². The summed E-state index contributed by atoms with van der Waals surface area (Å²) in [6, 6.07) is 14.4. The Morgan fingerprint density at radius 3 is 2.44 bits per heavy atom. The number of halogens is 1. The molecule has 4 heteroatoms. The van der Waals surface area contributed by atoms with Gasteiger partial charge >= 0.3 is 0 Å². The van der Waals surface area contributed by atoms with Crippen molar-refractivity contribution in [2.45, 2.75) is 37.6 Å². The minimum absolute atomic E-state index is 0.00152. The largest absolute Gasteiger partial charge is 0.497 e. The van der Waals surface area contributed by atoms with E-state index in [9.17, 15) is 9.18 Å². The van der Waals surface area contributed by atoms with Crippen LogP contribution < -0.4 is 4.74 Å². The van der Waals surface area contributed by atoms with Gasteiger partial charge in [0.15, 0.2) is 0 Å². The Morgan fingerprint density at radius 1 is 1.22 bits per heavy atom. The number of likely N-dealkylation sites (tertiary alicyclic amines) is 1. The minimum Gasteiger partial charge on any atom is -0.497 e. The van der Waals surface area contributed by atoms with Crippen LogP contribution in [0.2, 0.25) is 0 Å².